The van der Waals surface area contributed by atoms with E-state index in [1.165, 1.54) is 11.3 Å². The van der Waals surface area contributed by atoms with Crippen molar-refractivity contribution in [1.29, 1.82) is 0 Å². The molecule has 2 rings (SSSR count). The first-order valence-corrected chi connectivity index (χ1v) is 7.92. The first kappa shape index (κ1) is 15.7. The molecule has 2 amide bonds. The second-order valence-electron chi connectivity index (χ2n) is 4.60. The first-order valence-electron chi connectivity index (χ1n) is 6.24. The monoisotopic (exact) mass is 371 g/mol. The summed E-state index contributed by atoms with van der Waals surface area (Å²) in [5.41, 5.74) is 0.620. The lowest BCUT2D eigenvalue weighted by molar-refractivity contribution is -0.120. The Balaban J connectivity index is 1.94. The number of furan rings is 1. The summed E-state index contributed by atoms with van der Waals surface area (Å²) in [4.78, 5) is 27.7. The average Bonchev–Trinajstić information content (AvgIpc) is 2.97. The fraction of sp³-hybridized carbons (Fsp3) is 0.308. The second kappa shape index (κ2) is 6.86. The fourth-order valence-electron chi connectivity index (χ4n) is 1.58. The van der Waals surface area contributed by atoms with E-state index >= 15 is 0 Å². The van der Waals surface area contributed by atoms with Crippen molar-refractivity contribution >= 4 is 44.2 Å². The van der Waals surface area contributed by atoms with Crippen LogP contribution in [0.15, 0.2) is 26.6 Å². The Labute approximate surface area is 134 Å². The lowest BCUT2D eigenvalue weighted by Gasteiger charge is -2.06. The molecular formula is C13H14BrN3O3S. The van der Waals surface area contributed by atoms with Crippen LogP contribution in [-0.4, -0.2) is 22.8 Å². The number of aromatic nitrogens is 1. The molecule has 6 nitrogen and oxygen atoms in total. The van der Waals surface area contributed by atoms with Crippen molar-refractivity contribution in [3.63, 3.8) is 0 Å². The molecule has 0 saturated heterocycles. The number of rotatable bonds is 5. The van der Waals surface area contributed by atoms with Crippen LogP contribution in [0.25, 0.3) is 0 Å². The molecule has 2 aromatic heterocycles. The van der Waals surface area contributed by atoms with Crippen LogP contribution in [-0.2, 0) is 11.2 Å². The molecule has 0 aliphatic heterocycles. The summed E-state index contributed by atoms with van der Waals surface area (Å²) in [6, 6.07) is 3.29. The van der Waals surface area contributed by atoms with Crippen LogP contribution in [0, 0.1) is 0 Å². The maximum atomic E-state index is 11.9. The number of carbonyl (C=O) groups excluding carboxylic acids is 2. The van der Waals surface area contributed by atoms with Gasteiger partial charge in [-0.3, -0.25) is 14.9 Å². The van der Waals surface area contributed by atoms with Gasteiger partial charge >= 0.3 is 0 Å². The lowest BCUT2D eigenvalue weighted by Crippen LogP contribution is -2.31. The Morgan fingerprint density at radius 3 is 2.81 bits per heavy atom. The normalized spacial score (nSPS) is 10.7. The standard InChI is InChI=1S/C13H14BrN3O3S/c1-7(2)15-11(18)5-8-6-21-13(16-8)17-12(19)9-3-4-10(14)20-9/h3-4,6-7H,5H2,1-2H3,(H,15,18)(H,16,17,19). The van der Waals surface area contributed by atoms with E-state index in [1.54, 1.807) is 17.5 Å². The predicted octanol–water partition coefficient (Wildman–Crippen LogP) is 2.82. The number of nitrogens with zero attached hydrogens (tertiary/aromatic N) is 1. The van der Waals surface area contributed by atoms with E-state index in [0.29, 0.717) is 15.5 Å². The van der Waals surface area contributed by atoms with E-state index in [-0.39, 0.29) is 30.0 Å². The smallest absolute Gasteiger partial charge is 0.293 e. The zero-order valence-corrected chi connectivity index (χ0v) is 13.9. The number of halogens is 1. The molecular weight excluding hydrogens is 358 g/mol. The first-order chi connectivity index (χ1) is 9.94. The number of anilines is 1. The van der Waals surface area contributed by atoms with Crippen LogP contribution in [0.2, 0.25) is 0 Å². The maximum absolute atomic E-state index is 11.9. The molecule has 21 heavy (non-hydrogen) atoms. The van der Waals surface area contributed by atoms with Crippen LogP contribution in [0.5, 0.6) is 0 Å². The van der Waals surface area contributed by atoms with Crippen molar-refractivity contribution in [2.45, 2.75) is 26.3 Å². The molecule has 0 bridgehead atoms. The summed E-state index contributed by atoms with van der Waals surface area (Å²) in [6.45, 7) is 3.79. The van der Waals surface area contributed by atoms with Crippen LogP contribution in [0.1, 0.15) is 30.1 Å². The minimum absolute atomic E-state index is 0.0905. The number of hydrogen-bond donors (Lipinski definition) is 2. The van der Waals surface area contributed by atoms with Crippen molar-refractivity contribution in [2.24, 2.45) is 0 Å². The Morgan fingerprint density at radius 1 is 1.43 bits per heavy atom. The third-order valence-electron chi connectivity index (χ3n) is 2.36. The highest BCUT2D eigenvalue weighted by Gasteiger charge is 2.14. The highest BCUT2D eigenvalue weighted by atomic mass is 79.9. The van der Waals surface area contributed by atoms with Crippen molar-refractivity contribution in [3.8, 4) is 0 Å². The Bertz CT molecular complexity index is 651. The van der Waals surface area contributed by atoms with E-state index in [2.05, 4.69) is 31.5 Å². The maximum Gasteiger partial charge on any atom is 0.293 e. The molecule has 0 aliphatic rings. The summed E-state index contributed by atoms with van der Waals surface area (Å²) in [5, 5.41) is 7.59. The van der Waals surface area contributed by atoms with Crippen molar-refractivity contribution in [1.82, 2.24) is 10.3 Å². The highest BCUT2D eigenvalue weighted by molar-refractivity contribution is 9.10. The van der Waals surface area contributed by atoms with Gasteiger partial charge in [-0.1, -0.05) is 0 Å². The molecule has 0 aromatic carbocycles. The molecule has 112 valence electrons. The van der Waals surface area contributed by atoms with Crippen molar-refractivity contribution in [2.75, 3.05) is 5.32 Å². The van der Waals surface area contributed by atoms with Crippen molar-refractivity contribution < 1.29 is 14.0 Å². The third kappa shape index (κ3) is 4.68. The zero-order valence-electron chi connectivity index (χ0n) is 11.5. The van der Waals surface area contributed by atoms with Gasteiger partial charge in [0.05, 0.1) is 12.1 Å². The number of thiazole rings is 1. The van der Waals surface area contributed by atoms with Gasteiger partial charge < -0.3 is 9.73 Å². The third-order valence-corrected chi connectivity index (χ3v) is 3.59. The SMILES string of the molecule is CC(C)NC(=O)Cc1csc(NC(=O)c2ccc(Br)o2)n1. The molecule has 0 fully saturated rings. The quantitative estimate of drug-likeness (QED) is 0.846. The Morgan fingerprint density at radius 2 is 2.19 bits per heavy atom. The molecule has 0 saturated carbocycles. The molecule has 8 heteroatoms. The molecule has 2 heterocycles. The highest BCUT2D eigenvalue weighted by Crippen LogP contribution is 2.19. The topological polar surface area (TPSA) is 84.2 Å². The summed E-state index contributed by atoms with van der Waals surface area (Å²) in [5.74, 6) is -0.285. The molecule has 0 aliphatic carbocycles. The van der Waals surface area contributed by atoms with Gasteiger partial charge in [0.2, 0.25) is 5.91 Å². The van der Waals surface area contributed by atoms with Gasteiger partial charge in [-0.2, -0.15) is 0 Å². The van der Waals surface area contributed by atoms with E-state index in [9.17, 15) is 9.59 Å². The molecule has 0 atom stereocenters. The largest absolute Gasteiger partial charge is 0.444 e. The molecule has 0 unspecified atom stereocenters. The van der Waals surface area contributed by atoms with Gasteiger partial charge in [-0.25, -0.2) is 4.98 Å². The van der Waals surface area contributed by atoms with Gasteiger partial charge in [-0.05, 0) is 41.9 Å². The molecule has 0 spiro atoms. The number of carbonyl (C=O) groups is 2. The van der Waals surface area contributed by atoms with Gasteiger partial charge in [0.15, 0.2) is 15.6 Å². The van der Waals surface area contributed by atoms with Gasteiger partial charge in [0.25, 0.3) is 5.91 Å². The van der Waals surface area contributed by atoms with Crippen LogP contribution < -0.4 is 10.6 Å². The Kier molecular flexibility index (Phi) is 5.13. The minimum Gasteiger partial charge on any atom is -0.444 e. The fourth-order valence-corrected chi connectivity index (χ4v) is 2.59. The van der Waals surface area contributed by atoms with Gasteiger partial charge in [0, 0.05) is 11.4 Å². The van der Waals surface area contributed by atoms with Gasteiger partial charge in [0.1, 0.15) is 0 Å². The summed E-state index contributed by atoms with van der Waals surface area (Å²) in [7, 11) is 0. The average molecular weight is 372 g/mol. The van der Waals surface area contributed by atoms with Crippen molar-refractivity contribution in [3.05, 3.63) is 33.6 Å². The summed E-state index contributed by atoms with van der Waals surface area (Å²) < 4.78 is 5.63. The van der Waals surface area contributed by atoms with Crippen LogP contribution in [0.3, 0.4) is 0 Å². The number of amides is 2. The second-order valence-corrected chi connectivity index (χ2v) is 6.24. The lowest BCUT2D eigenvalue weighted by atomic mass is 10.3. The summed E-state index contributed by atoms with van der Waals surface area (Å²) >= 11 is 4.40. The van der Waals surface area contributed by atoms with E-state index in [0.717, 1.165) is 0 Å². The predicted molar refractivity (Wildman–Crippen MR) is 83.5 cm³/mol. The van der Waals surface area contributed by atoms with E-state index in [1.807, 2.05) is 13.8 Å². The van der Waals surface area contributed by atoms with E-state index in [4.69, 9.17) is 4.42 Å². The molecule has 2 N–H and O–H groups in total. The zero-order chi connectivity index (χ0) is 15.4. The Hall–Kier alpha value is -1.67. The molecule has 0 radical (unpaired) electrons. The number of hydrogen-bond acceptors (Lipinski definition) is 5. The number of nitrogens with one attached hydrogen (secondary N) is 2. The van der Waals surface area contributed by atoms with E-state index < -0.39 is 0 Å². The van der Waals surface area contributed by atoms with Gasteiger partial charge in [-0.15, -0.1) is 11.3 Å². The minimum atomic E-state index is -0.381. The van der Waals surface area contributed by atoms with Crippen LogP contribution >= 0.6 is 27.3 Å². The summed E-state index contributed by atoms with van der Waals surface area (Å²) in [6.07, 6.45) is 0.191. The molecule has 2 aromatic rings. The van der Waals surface area contributed by atoms with Crippen LogP contribution in [0.4, 0.5) is 5.13 Å².